The molecule has 0 radical (unpaired) electrons. The van der Waals surface area contributed by atoms with Gasteiger partial charge in [-0.25, -0.2) is 0 Å². The molecular formula is C3H3N3OS. The molecule has 0 atom stereocenters. The molecule has 0 saturated heterocycles. The molecular weight excluding hydrogens is 126 g/mol. The quantitative estimate of drug-likeness (QED) is 0.338. The molecule has 0 aromatic carbocycles. The Hall–Kier alpha value is -0.970. The van der Waals surface area contributed by atoms with Gasteiger partial charge in [0.25, 0.3) is 0 Å². The first kappa shape index (κ1) is 5.17. The van der Waals surface area contributed by atoms with Crippen LogP contribution in [0.5, 0.6) is 0 Å². The smallest absolute Gasteiger partial charge is 0.120 e. The summed E-state index contributed by atoms with van der Waals surface area (Å²) < 4.78 is 3.53. The summed E-state index contributed by atoms with van der Waals surface area (Å²) in [6, 6.07) is 0. The average molecular weight is 129 g/mol. The van der Waals surface area contributed by atoms with Crippen LogP contribution in [0.4, 0.5) is 0 Å². The lowest BCUT2D eigenvalue weighted by molar-refractivity contribution is 0.321. The first-order valence-electron chi connectivity index (χ1n) is 1.88. The van der Waals surface area contributed by atoms with Crippen molar-refractivity contribution in [2.24, 2.45) is 5.16 Å². The molecule has 1 aromatic heterocycles. The maximum Gasteiger partial charge on any atom is 0.120 e. The molecule has 0 aliphatic rings. The summed E-state index contributed by atoms with van der Waals surface area (Å²) in [6.07, 6.45) is 1.23. The van der Waals surface area contributed by atoms with E-state index in [2.05, 4.69) is 14.7 Å². The number of hydrogen-bond acceptors (Lipinski definition) is 5. The second kappa shape index (κ2) is 2.37. The Bertz CT molecular complexity index is 171. The third-order valence-corrected chi connectivity index (χ3v) is 1.09. The fourth-order valence-corrected chi connectivity index (χ4v) is 0.692. The van der Waals surface area contributed by atoms with Crippen LogP contribution >= 0.6 is 11.5 Å². The van der Waals surface area contributed by atoms with Gasteiger partial charge in [0.2, 0.25) is 0 Å². The van der Waals surface area contributed by atoms with E-state index in [1.165, 1.54) is 17.7 Å². The van der Waals surface area contributed by atoms with Gasteiger partial charge in [-0.1, -0.05) is 9.64 Å². The van der Waals surface area contributed by atoms with Gasteiger partial charge in [0.1, 0.15) is 5.69 Å². The summed E-state index contributed by atoms with van der Waals surface area (Å²) >= 11 is 1.22. The van der Waals surface area contributed by atoms with E-state index < -0.39 is 0 Å². The van der Waals surface area contributed by atoms with Crippen molar-refractivity contribution in [2.45, 2.75) is 0 Å². The van der Waals surface area contributed by atoms with Crippen LogP contribution in [0.2, 0.25) is 0 Å². The van der Waals surface area contributed by atoms with Crippen molar-refractivity contribution >= 4 is 17.7 Å². The van der Waals surface area contributed by atoms with Crippen LogP contribution in [0.25, 0.3) is 0 Å². The molecule has 0 unspecified atom stereocenters. The normalized spacial score (nSPS) is 10.5. The van der Waals surface area contributed by atoms with E-state index in [4.69, 9.17) is 5.21 Å². The van der Waals surface area contributed by atoms with E-state index in [0.29, 0.717) is 5.69 Å². The Balaban J connectivity index is 2.77. The fourth-order valence-electron chi connectivity index (χ4n) is 0.287. The highest BCUT2D eigenvalue weighted by molar-refractivity contribution is 7.03. The Morgan fingerprint density at radius 2 is 2.75 bits per heavy atom. The summed E-state index contributed by atoms with van der Waals surface area (Å²) in [5, 5.41) is 15.9. The van der Waals surface area contributed by atoms with E-state index in [9.17, 15) is 0 Å². The second-order valence-corrected chi connectivity index (χ2v) is 1.68. The lowest BCUT2D eigenvalue weighted by Gasteiger charge is -1.70. The van der Waals surface area contributed by atoms with Crippen LogP contribution < -0.4 is 0 Å². The summed E-state index contributed by atoms with van der Waals surface area (Å²) in [7, 11) is 0. The van der Waals surface area contributed by atoms with Crippen LogP contribution in [-0.4, -0.2) is 21.0 Å². The predicted molar refractivity (Wildman–Crippen MR) is 29.3 cm³/mol. The highest BCUT2D eigenvalue weighted by Crippen LogP contribution is 1.90. The molecule has 42 valence electrons. The fraction of sp³-hybridized carbons (Fsp3) is 0. The van der Waals surface area contributed by atoms with Crippen LogP contribution in [0.1, 0.15) is 5.69 Å². The molecule has 0 spiro atoms. The number of aromatic nitrogens is 2. The molecule has 5 heteroatoms. The highest BCUT2D eigenvalue weighted by atomic mass is 32.1. The van der Waals surface area contributed by atoms with Crippen molar-refractivity contribution in [2.75, 3.05) is 0 Å². The van der Waals surface area contributed by atoms with E-state index in [-0.39, 0.29) is 0 Å². The first-order valence-corrected chi connectivity index (χ1v) is 2.71. The summed E-state index contributed by atoms with van der Waals surface area (Å²) in [4.78, 5) is 0. The Morgan fingerprint density at radius 1 is 1.88 bits per heavy atom. The lowest BCUT2D eigenvalue weighted by atomic mass is 10.6. The van der Waals surface area contributed by atoms with Gasteiger partial charge in [-0.15, -0.1) is 5.10 Å². The Labute approximate surface area is 49.6 Å². The molecule has 1 N–H and O–H groups in total. The van der Waals surface area contributed by atoms with Gasteiger partial charge in [0.15, 0.2) is 0 Å². The number of oxime groups is 1. The molecule has 0 amide bonds. The molecule has 0 saturated carbocycles. The van der Waals surface area contributed by atoms with E-state index in [1.807, 2.05) is 0 Å². The second-order valence-electron chi connectivity index (χ2n) is 1.07. The van der Waals surface area contributed by atoms with E-state index >= 15 is 0 Å². The zero-order chi connectivity index (χ0) is 5.82. The zero-order valence-corrected chi connectivity index (χ0v) is 4.67. The molecule has 0 aliphatic carbocycles. The maximum atomic E-state index is 7.94. The molecule has 1 aromatic rings. The van der Waals surface area contributed by atoms with E-state index in [1.54, 1.807) is 5.38 Å². The highest BCUT2D eigenvalue weighted by Gasteiger charge is 1.86. The SMILES string of the molecule is O/N=C\c1csnn1. The van der Waals surface area contributed by atoms with Gasteiger partial charge in [-0.2, -0.15) is 0 Å². The van der Waals surface area contributed by atoms with E-state index in [0.717, 1.165) is 0 Å². The van der Waals surface area contributed by atoms with Gasteiger partial charge < -0.3 is 5.21 Å². The minimum atomic E-state index is 0.581. The third-order valence-electron chi connectivity index (χ3n) is 0.567. The first-order chi connectivity index (χ1) is 3.93. The number of hydrogen-bond donors (Lipinski definition) is 1. The minimum absolute atomic E-state index is 0.581. The van der Waals surface area contributed by atoms with Crippen LogP contribution in [0, 0.1) is 0 Å². The standard InChI is InChI=1S/C3H3N3OS/c7-4-1-3-2-8-6-5-3/h1-2,7H/b4-1-. The van der Waals surface area contributed by atoms with Gasteiger partial charge in [0.05, 0.1) is 6.21 Å². The predicted octanol–water partition coefficient (Wildman–Crippen LogP) is 0.346. The van der Waals surface area contributed by atoms with Gasteiger partial charge in [-0.05, 0) is 11.5 Å². The van der Waals surface area contributed by atoms with Gasteiger partial charge in [0, 0.05) is 5.38 Å². The minimum Gasteiger partial charge on any atom is -0.411 e. The van der Waals surface area contributed by atoms with Gasteiger partial charge >= 0.3 is 0 Å². The molecule has 0 aliphatic heterocycles. The van der Waals surface area contributed by atoms with Crippen molar-refractivity contribution in [3.63, 3.8) is 0 Å². The molecule has 4 nitrogen and oxygen atoms in total. The zero-order valence-electron chi connectivity index (χ0n) is 3.85. The molecule has 0 fully saturated rings. The van der Waals surface area contributed by atoms with Crippen molar-refractivity contribution in [1.29, 1.82) is 0 Å². The Kier molecular flexibility index (Phi) is 1.53. The topological polar surface area (TPSA) is 58.4 Å². The van der Waals surface area contributed by atoms with Gasteiger partial charge in [-0.3, -0.25) is 0 Å². The molecule has 8 heavy (non-hydrogen) atoms. The van der Waals surface area contributed by atoms with Crippen LogP contribution in [0.15, 0.2) is 10.5 Å². The van der Waals surface area contributed by atoms with Crippen LogP contribution in [0.3, 0.4) is 0 Å². The summed E-state index contributed by atoms with van der Waals surface area (Å²) in [6.45, 7) is 0. The Morgan fingerprint density at radius 3 is 3.25 bits per heavy atom. The van der Waals surface area contributed by atoms with Crippen molar-refractivity contribution in [1.82, 2.24) is 9.59 Å². The summed E-state index contributed by atoms with van der Waals surface area (Å²) in [5.41, 5.74) is 0.581. The van der Waals surface area contributed by atoms with Crippen molar-refractivity contribution in [3.05, 3.63) is 11.1 Å². The maximum absolute atomic E-state index is 7.94. The molecule has 1 heterocycles. The van der Waals surface area contributed by atoms with Crippen LogP contribution in [-0.2, 0) is 0 Å². The number of rotatable bonds is 1. The monoisotopic (exact) mass is 129 g/mol. The third kappa shape index (κ3) is 1.00. The summed E-state index contributed by atoms with van der Waals surface area (Å²) in [5.74, 6) is 0. The van der Waals surface area contributed by atoms with Crippen molar-refractivity contribution in [3.8, 4) is 0 Å². The molecule has 0 bridgehead atoms. The molecule has 1 rings (SSSR count). The van der Waals surface area contributed by atoms with Crippen molar-refractivity contribution < 1.29 is 5.21 Å². The average Bonchev–Trinajstić information content (AvgIpc) is 2.19. The lowest BCUT2D eigenvalue weighted by Crippen LogP contribution is -1.78. The number of nitrogens with zero attached hydrogens (tertiary/aromatic N) is 3. The largest absolute Gasteiger partial charge is 0.411 e.